The quantitative estimate of drug-likeness (QED) is 0.919. The molecule has 2 amide bonds. The van der Waals surface area contributed by atoms with Crippen LogP contribution in [0, 0.1) is 11.3 Å². The summed E-state index contributed by atoms with van der Waals surface area (Å²) in [4.78, 5) is 26.5. The topological polar surface area (TPSA) is 73.2 Å². The number of nitriles is 1. The molecule has 0 bridgehead atoms. The molecule has 2 rings (SSSR count). The molecule has 0 unspecified atom stereocenters. The van der Waals surface area contributed by atoms with Crippen molar-refractivity contribution in [2.75, 3.05) is 5.32 Å². The molecule has 1 aromatic rings. The van der Waals surface area contributed by atoms with Crippen LogP contribution in [0.25, 0.3) is 0 Å². The second kappa shape index (κ2) is 6.64. The fourth-order valence-electron chi connectivity index (χ4n) is 3.65. The van der Waals surface area contributed by atoms with Gasteiger partial charge < -0.3 is 10.2 Å². The summed E-state index contributed by atoms with van der Waals surface area (Å²) < 4.78 is 0. The highest BCUT2D eigenvalue weighted by molar-refractivity contribution is 5.97. The van der Waals surface area contributed by atoms with Crippen LogP contribution in [0.3, 0.4) is 0 Å². The molecular weight excluding hydrogens is 302 g/mol. The van der Waals surface area contributed by atoms with Crippen molar-refractivity contribution in [2.24, 2.45) is 0 Å². The molecule has 0 spiro atoms. The minimum Gasteiger partial charge on any atom is -0.328 e. The van der Waals surface area contributed by atoms with E-state index in [-0.39, 0.29) is 29.3 Å². The monoisotopic (exact) mass is 327 g/mol. The molecule has 5 nitrogen and oxygen atoms in total. The van der Waals surface area contributed by atoms with E-state index in [1.165, 1.54) is 0 Å². The highest BCUT2D eigenvalue weighted by Crippen LogP contribution is 2.39. The Morgan fingerprint density at radius 1 is 1.12 bits per heavy atom. The van der Waals surface area contributed by atoms with Crippen LogP contribution >= 0.6 is 0 Å². The van der Waals surface area contributed by atoms with Gasteiger partial charge in [-0.05, 0) is 71.2 Å². The zero-order valence-corrected chi connectivity index (χ0v) is 14.8. The van der Waals surface area contributed by atoms with Crippen LogP contribution in [-0.2, 0) is 4.79 Å². The third-order valence-corrected chi connectivity index (χ3v) is 4.65. The first-order chi connectivity index (χ1) is 11.2. The van der Waals surface area contributed by atoms with Crippen LogP contribution < -0.4 is 5.32 Å². The van der Waals surface area contributed by atoms with Gasteiger partial charge in [-0.1, -0.05) is 0 Å². The fraction of sp³-hybridized carbons (Fsp3) is 0.526. The maximum atomic E-state index is 13.1. The highest BCUT2D eigenvalue weighted by atomic mass is 16.2. The first kappa shape index (κ1) is 18.0. The van der Waals surface area contributed by atoms with E-state index in [1.54, 1.807) is 30.3 Å². The van der Waals surface area contributed by atoms with Gasteiger partial charge >= 0.3 is 0 Å². The minimum absolute atomic E-state index is 0.0135. The van der Waals surface area contributed by atoms with Gasteiger partial charge in [0.2, 0.25) is 5.91 Å². The van der Waals surface area contributed by atoms with Gasteiger partial charge in [0.05, 0.1) is 6.07 Å². The van der Waals surface area contributed by atoms with E-state index in [4.69, 9.17) is 5.26 Å². The third kappa shape index (κ3) is 3.76. The van der Waals surface area contributed by atoms with Crippen LogP contribution in [0.1, 0.15) is 63.7 Å². The zero-order valence-electron chi connectivity index (χ0n) is 14.8. The van der Waals surface area contributed by atoms with Crippen molar-refractivity contribution in [3.05, 3.63) is 29.8 Å². The van der Waals surface area contributed by atoms with Crippen molar-refractivity contribution in [1.82, 2.24) is 4.90 Å². The Balaban J connectivity index is 2.20. The van der Waals surface area contributed by atoms with E-state index in [1.807, 2.05) is 4.90 Å². The molecule has 1 saturated heterocycles. The number of amides is 2. The summed E-state index contributed by atoms with van der Waals surface area (Å²) in [6.45, 7) is 8.45. The van der Waals surface area contributed by atoms with Crippen molar-refractivity contribution in [3.8, 4) is 6.07 Å². The molecule has 24 heavy (non-hydrogen) atoms. The van der Waals surface area contributed by atoms with E-state index < -0.39 is 0 Å². The van der Waals surface area contributed by atoms with Gasteiger partial charge in [0.25, 0.3) is 5.91 Å². The Labute approximate surface area is 143 Å². The predicted octanol–water partition coefficient (Wildman–Crippen LogP) is 3.72. The zero-order chi connectivity index (χ0) is 18.0. The minimum atomic E-state index is -0.352. The molecule has 1 aliphatic rings. The van der Waals surface area contributed by atoms with Crippen molar-refractivity contribution in [1.29, 1.82) is 5.26 Å². The Morgan fingerprint density at radius 3 is 2.17 bits per heavy atom. The van der Waals surface area contributed by atoms with Gasteiger partial charge in [0, 0.05) is 22.3 Å². The second-order valence-corrected chi connectivity index (χ2v) is 7.58. The number of likely N-dealkylation sites (tertiary alicyclic amines) is 1. The number of anilines is 1. The standard InChI is InChI=1S/C19H25N3O2/c1-18(2)11-5-12-19(3,4)22(18)17(24)14-6-8-15(9-7-14)21-16(23)10-13-20/h6-9H,5,10-12H2,1-4H3,(H,21,23). The summed E-state index contributed by atoms with van der Waals surface area (Å²) in [5.74, 6) is -0.338. The number of hydrogen-bond acceptors (Lipinski definition) is 3. The van der Waals surface area contributed by atoms with E-state index >= 15 is 0 Å². The Kier molecular flexibility index (Phi) is 4.98. The van der Waals surface area contributed by atoms with Crippen molar-refractivity contribution in [2.45, 2.75) is 64.5 Å². The van der Waals surface area contributed by atoms with Crippen LogP contribution in [0.4, 0.5) is 5.69 Å². The summed E-state index contributed by atoms with van der Waals surface area (Å²) in [6, 6.07) is 8.66. The molecule has 1 fully saturated rings. The lowest BCUT2D eigenvalue weighted by Gasteiger charge is -2.53. The average molecular weight is 327 g/mol. The van der Waals surface area contributed by atoms with E-state index in [0.29, 0.717) is 11.3 Å². The number of carbonyl (C=O) groups excluding carboxylic acids is 2. The molecule has 128 valence electrons. The largest absolute Gasteiger partial charge is 0.328 e. The van der Waals surface area contributed by atoms with Gasteiger partial charge in [0.1, 0.15) is 6.42 Å². The maximum Gasteiger partial charge on any atom is 0.254 e. The van der Waals surface area contributed by atoms with E-state index in [0.717, 1.165) is 19.3 Å². The van der Waals surface area contributed by atoms with Crippen LogP contribution in [-0.4, -0.2) is 27.8 Å². The number of benzene rings is 1. The first-order valence-electron chi connectivity index (χ1n) is 8.29. The fourth-order valence-corrected chi connectivity index (χ4v) is 3.65. The summed E-state index contributed by atoms with van der Waals surface area (Å²) >= 11 is 0. The number of carbonyl (C=O) groups is 2. The van der Waals surface area contributed by atoms with Gasteiger partial charge in [0.15, 0.2) is 0 Å². The summed E-state index contributed by atoms with van der Waals surface area (Å²) in [5.41, 5.74) is 0.831. The molecule has 0 aliphatic carbocycles. The molecule has 1 heterocycles. The van der Waals surface area contributed by atoms with Crippen molar-refractivity contribution < 1.29 is 9.59 Å². The van der Waals surface area contributed by atoms with Crippen LogP contribution in [0.5, 0.6) is 0 Å². The molecule has 0 radical (unpaired) electrons. The normalized spacial score (nSPS) is 18.5. The average Bonchev–Trinajstić information content (AvgIpc) is 2.46. The van der Waals surface area contributed by atoms with Gasteiger partial charge in [-0.2, -0.15) is 5.26 Å². The molecular formula is C19H25N3O2. The molecule has 1 aliphatic heterocycles. The lowest BCUT2D eigenvalue weighted by Crippen LogP contribution is -2.60. The molecule has 1 aromatic carbocycles. The molecule has 5 heteroatoms. The predicted molar refractivity (Wildman–Crippen MR) is 93.5 cm³/mol. The lowest BCUT2D eigenvalue weighted by molar-refractivity contribution is -0.115. The molecule has 1 N–H and O–H groups in total. The Bertz CT molecular complexity index is 653. The number of nitrogens with zero attached hydrogens (tertiary/aromatic N) is 2. The second-order valence-electron chi connectivity index (χ2n) is 7.58. The molecule has 0 atom stereocenters. The smallest absolute Gasteiger partial charge is 0.254 e. The van der Waals surface area contributed by atoms with Crippen molar-refractivity contribution in [3.63, 3.8) is 0 Å². The van der Waals surface area contributed by atoms with Gasteiger partial charge in [-0.3, -0.25) is 9.59 Å². The van der Waals surface area contributed by atoms with E-state index in [9.17, 15) is 9.59 Å². The Hall–Kier alpha value is -2.35. The van der Waals surface area contributed by atoms with E-state index in [2.05, 4.69) is 33.0 Å². The van der Waals surface area contributed by atoms with Crippen molar-refractivity contribution >= 4 is 17.5 Å². The first-order valence-corrected chi connectivity index (χ1v) is 8.29. The highest BCUT2D eigenvalue weighted by Gasteiger charge is 2.44. The Morgan fingerprint density at radius 2 is 1.67 bits per heavy atom. The number of piperidine rings is 1. The van der Waals surface area contributed by atoms with Crippen LogP contribution in [0.2, 0.25) is 0 Å². The summed E-state index contributed by atoms with van der Waals surface area (Å²) in [7, 11) is 0. The van der Waals surface area contributed by atoms with Gasteiger partial charge in [-0.25, -0.2) is 0 Å². The summed E-state index contributed by atoms with van der Waals surface area (Å²) in [5, 5.41) is 11.1. The maximum absolute atomic E-state index is 13.1. The van der Waals surface area contributed by atoms with Gasteiger partial charge in [-0.15, -0.1) is 0 Å². The molecule has 0 saturated carbocycles. The lowest BCUT2D eigenvalue weighted by atomic mass is 9.79. The number of hydrogen-bond donors (Lipinski definition) is 1. The number of rotatable bonds is 3. The van der Waals surface area contributed by atoms with Crippen LogP contribution in [0.15, 0.2) is 24.3 Å². The third-order valence-electron chi connectivity index (χ3n) is 4.65. The molecule has 0 aromatic heterocycles. The summed E-state index contributed by atoms with van der Waals surface area (Å²) in [6.07, 6.45) is 2.92. The number of nitrogens with one attached hydrogen (secondary N) is 1. The SMILES string of the molecule is CC1(C)CCCC(C)(C)N1C(=O)c1ccc(NC(=O)CC#N)cc1.